The van der Waals surface area contributed by atoms with Crippen molar-refractivity contribution in [2.24, 2.45) is 5.41 Å². The van der Waals surface area contributed by atoms with Gasteiger partial charge < -0.3 is 10.6 Å². The maximum Gasteiger partial charge on any atom is 0.242 e. The lowest BCUT2D eigenvalue weighted by Gasteiger charge is -2.28. The lowest BCUT2D eigenvalue weighted by molar-refractivity contribution is 0.419. The van der Waals surface area contributed by atoms with Crippen LogP contribution in [0.15, 0.2) is 23.1 Å². The van der Waals surface area contributed by atoms with E-state index in [1.165, 1.54) is 13.1 Å². The van der Waals surface area contributed by atoms with Gasteiger partial charge in [-0.05, 0) is 30.7 Å². The first-order valence-corrected chi connectivity index (χ1v) is 7.59. The van der Waals surface area contributed by atoms with Crippen LogP contribution in [0.1, 0.15) is 20.8 Å². The van der Waals surface area contributed by atoms with E-state index in [0.29, 0.717) is 0 Å². The SMILES string of the molecule is CNS(=O)(=O)c1ccc(N(C)CC(C)(C)C)cc1N. The van der Waals surface area contributed by atoms with Gasteiger partial charge in [0.2, 0.25) is 10.0 Å². The summed E-state index contributed by atoms with van der Waals surface area (Å²) in [5.41, 5.74) is 7.15. The van der Waals surface area contributed by atoms with Gasteiger partial charge in [0.25, 0.3) is 0 Å². The van der Waals surface area contributed by atoms with Crippen molar-refractivity contribution in [3.63, 3.8) is 0 Å². The molecule has 3 N–H and O–H groups in total. The number of nitrogens with zero attached hydrogens (tertiary/aromatic N) is 1. The van der Waals surface area contributed by atoms with Crippen LogP contribution in [-0.2, 0) is 10.0 Å². The van der Waals surface area contributed by atoms with E-state index >= 15 is 0 Å². The number of hydrogen-bond acceptors (Lipinski definition) is 4. The summed E-state index contributed by atoms with van der Waals surface area (Å²) in [6.45, 7) is 7.29. The number of nitrogen functional groups attached to an aromatic ring is 1. The predicted octanol–water partition coefficient (Wildman–Crippen LogP) is 1.66. The van der Waals surface area contributed by atoms with Crippen LogP contribution in [-0.4, -0.2) is 29.1 Å². The minimum absolute atomic E-state index is 0.114. The van der Waals surface area contributed by atoms with Crippen LogP contribution in [0.3, 0.4) is 0 Å². The Morgan fingerprint density at radius 3 is 2.32 bits per heavy atom. The van der Waals surface area contributed by atoms with Gasteiger partial charge in [0.15, 0.2) is 0 Å². The third-order valence-corrected chi connectivity index (χ3v) is 4.19. The summed E-state index contributed by atoms with van der Waals surface area (Å²) in [5, 5.41) is 0. The first kappa shape index (κ1) is 15.8. The van der Waals surface area contributed by atoms with Crippen LogP contribution in [0.4, 0.5) is 11.4 Å². The van der Waals surface area contributed by atoms with Crippen molar-refractivity contribution >= 4 is 21.4 Å². The van der Waals surface area contributed by atoms with Crippen LogP contribution in [0, 0.1) is 5.41 Å². The molecule has 0 aromatic heterocycles. The molecule has 0 amide bonds. The molecule has 1 aromatic carbocycles. The van der Waals surface area contributed by atoms with Gasteiger partial charge in [-0.25, -0.2) is 13.1 Å². The average Bonchev–Trinajstić information content (AvgIpc) is 2.26. The number of nitrogens with one attached hydrogen (secondary N) is 1. The van der Waals surface area contributed by atoms with Crippen LogP contribution >= 0.6 is 0 Å². The van der Waals surface area contributed by atoms with Gasteiger partial charge in [0.05, 0.1) is 5.69 Å². The molecule has 6 heteroatoms. The molecule has 0 saturated carbocycles. The van der Waals surface area contributed by atoms with Gasteiger partial charge in [-0.15, -0.1) is 0 Å². The minimum atomic E-state index is -3.50. The predicted molar refractivity (Wildman–Crippen MR) is 79.8 cm³/mol. The highest BCUT2D eigenvalue weighted by Gasteiger charge is 2.18. The Kier molecular flexibility index (Phi) is 4.47. The van der Waals surface area contributed by atoms with Gasteiger partial charge in [-0.1, -0.05) is 20.8 Å². The summed E-state index contributed by atoms with van der Waals surface area (Å²) in [6, 6.07) is 5.00. The molecule has 0 atom stereocenters. The summed E-state index contributed by atoms with van der Waals surface area (Å²) in [4.78, 5) is 2.18. The van der Waals surface area contributed by atoms with Crippen LogP contribution in [0.25, 0.3) is 0 Å². The molecule has 0 saturated heterocycles. The smallest absolute Gasteiger partial charge is 0.242 e. The number of sulfonamides is 1. The Hall–Kier alpha value is -1.27. The van der Waals surface area contributed by atoms with Gasteiger partial charge in [-0.2, -0.15) is 0 Å². The average molecular weight is 285 g/mol. The molecular weight excluding hydrogens is 262 g/mol. The molecule has 0 aliphatic rings. The first-order valence-electron chi connectivity index (χ1n) is 6.11. The Morgan fingerprint density at radius 2 is 1.89 bits per heavy atom. The van der Waals surface area contributed by atoms with Gasteiger partial charge >= 0.3 is 0 Å². The highest BCUT2D eigenvalue weighted by Crippen LogP contribution is 2.26. The van der Waals surface area contributed by atoms with Crippen molar-refractivity contribution in [2.75, 3.05) is 31.3 Å². The second kappa shape index (κ2) is 5.38. The van der Waals surface area contributed by atoms with E-state index in [0.717, 1.165) is 12.2 Å². The number of hydrogen-bond donors (Lipinski definition) is 2. The third kappa shape index (κ3) is 4.11. The van der Waals surface area contributed by atoms with E-state index in [1.807, 2.05) is 7.05 Å². The van der Waals surface area contributed by atoms with E-state index in [1.54, 1.807) is 12.1 Å². The molecule has 0 unspecified atom stereocenters. The second-order valence-electron chi connectivity index (χ2n) is 5.85. The largest absolute Gasteiger partial charge is 0.398 e. The van der Waals surface area contributed by atoms with Crippen LogP contribution in [0.2, 0.25) is 0 Å². The molecule has 5 nitrogen and oxygen atoms in total. The first-order chi connectivity index (χ1) is 8.57. The van der Waals surface area contributed by atoms with Crippen molar-refractivity contribution < 1.29 is 8.42 Å². The normalized spacial score (nSPS) is 12.5. The molecule has 1 rings (SSSR count). The zero-order valence-electron chi connectivity index (χ0n) is 12.2. The number of rotatable bonds is 4. The minimum Gasteiger partial charge on any atom is -0.398 e. The van der Waals surface area contributed by atoms with Crippen LogP contribution in [0.5, 0.6) is 0 Å². The summed E-state index contributed by atoms with van der Waals surface area (Å²) in [6.07, 6.45) is 0. The van der Waals surface area contributed by atoms with E-state index in [4.69, 9.17) is 5.73 Å². The standard InChI is InChI=1S/C13H23N3O2S/c1-13(2,3)9-16(5)10-6-7-12(11(14)8-10)19(17,18)15-4/h6-8,15H,9,14H2,1-5H3. The molecule has 108 valence electrons. The quantitative estimate of drug-likeness (QED) is 0.825. The Labute approximate surface area is 115 Å². The molecule has 0 aliphatic heterocycles. The lowest BCUT2D eigenvalue weighted by Crippen LogP contribution is -2.29. The van der Waals surface area contributed by atoms with E-state index in [-0.39, 0.29) is 16.0 Å². The fourth-order valence-electron chi connectivity index (χ4n) is 1.93. The van der Waals surface area contributed by atoms with E-state index in [2.05, 4.69) is 30.4 Å². The van der Waals surface area contributed by atoms with Gasteiger partial charge in [0, 0.05) is 19.3 Å². The van der Waals surface area contributed by atoms with Crippen molar-refractivity contribution in [1.82, 2.24) is 4.72 Å². The molecule has 1 aromatic rings. The number of anilines is 2. The molecule has 0 radical (unpaired) electrons. The number of nitrogens with two attached hydrogens (primary N) is 1. The number of benzene rings is 1. The molecule has 0 heterocycles. The molecular formula is C13H23N3O2S. The molecule has 0 aliphatic carbocycles. The molecule has 0 spiro atoms. The molecule has 19 heavy (non-hydrogen) atoms. The van der Waals surface area contributed by atoms with Crippen LogP contribution < -0.4 is 15.4 Å². The van der Waals surface area contributed by atoms with Crippen molar-refractivity contribution in [2.45, 2.75) is 25.7 Å². The molecule has 0 fully saturated rings. The highest BCUT2D eigenvalue weighted by molar-refractivity contribution is 7.89. The zero-order chi connectivity index (χ0) is 14.8. The fraction of sp³-hybridized carbons (Fsp3) is 0.538. The van der Waals surface area contributed by atoms with Crippen molar-refractivity contribution in [1.29, 1.82) is 0 Å². The van der Waals surface area contributed by atoms with Gasteiger partial charge in [0.1, 0.15) is 4.90 Å². The highest BCUT2D eigenvalue weighted by atomic mass is 32.2. The van der Waals surface area contributed by atoms with E-state index in [9.17, 15) is 8.42 Å². The van der Waals surface area contributed by atoms with E-state index < -0.39 is 10.0 Å². The van der Waals surface area contributed by atoms with Crippen molar-refractivity contribution in [3.8, 4) is 0 Å². The maximum absolute atomic E-state index is 11.7. The third-order valence-electron chi connectivity index (χ3n) is 2.70. The maximum atomic E-state index is 11.7. The van der Waals surface area contributed by atoms with Gasteiger partial charge in [-0.3, -0.25) is 0 Å². The lowest BCUT2D eigenvalue weighted by atomic mass is 9.96. The Morgan fingerprint density at radius 1 is 1.32 bits per heavy atom. The monoisotopic (exact) mass is 285 g/mol. The Bertz CT molecular complexity index is 547. The Balaban J connectivity index is 3.07. The zero-order valence-corrected chi connectivity index (χ0v) is 13.0. The molecule has 0 bridgehead atoms. The summed E-state index contributed by atoms with van der Waals surface area (Å²) in [7, 11) is -0.166. The summed E-state index contributed by atoms with van der Waals surface area (Å²) < 4.78 is 25.7. The second-order valence-corrected chi connectivity index (χ2v) is 7.70. The fourth-order valence-corrected chi connectivity index (χ4v) is 2.77. The topological polar surface area (TPSA) is 75.4 Å². The van der Waals surface area contributed by atoms with Crippen molar-refractivity contribution in [3.05, 3.63) is 18.2 Å². The summed E-state index contributed by atoms with van der Waals surface area (Å²) in [5.74, 6) is 0. The summed E-state index contributed by atoms with van der Waals surface area (Å²) >= 11 is 0.